The Bertz CT molecular complexity index is 3200. The molecule has 0 aromatic heterocycles. The number of anilines is 2. The first kappa shape index (κ1) is 64.2. The summed E-state index contributed by atoms with van der Waals surface area (Å²) in [5, 5.41) is 22.7. The molecule has 3 saturated heterocycles. The maximum Gasteiger partial charge on any atom is 0.416 e. The van der Waals surface area contributed by atoms with Gasteiger partial charge in [-0.1, -0.05) is 64.1 Å². The largest absolute Gasteiger partial charge is 0.493 e. The Morgan fingerprint density at radius 2 is 1.39 bits per heavy atom. The van der Waals surface area contributed by atoms with Crippen LogP contribution >= 0.6 is 0 Å². The quantitative estimate of drug-likeness (QED) is 0.0409. The number of carbonyl (C=O) groups is 9. The average molecular weight is 1200 g/mol. The predicted molar refractivity (Wildman–Crippen MR) is 318 cm³/mol. The molecule has 0 aliphatic carbocycles. The number of aliphatic hydroxyl groups excluding tert-OH is 1. The Balaban J connectivity index is 0.804. The molecule has 1 unspecified atom stereocenters. The van der Waals surface area contributed by atoms with Gasteiger partial charge in [0.25, 0.3) is 11.8 Å². The van der Waals surface area contributed by atoms with Gasteiger partial charge in [0.05, 0.1) is 75.2 Å². The fraction of sp³-hybridized carbons (Fsp3) is 0.484. The number of fused-ring (bicyclic) bond motifs is 4. The summed E-state index contributed by atoms with van der Waals surface area (Å²) in [5.74, 6) is -2.73. The van der Waals surface area contributed by atoms with E-state index in [9.17, 15) is 48.3 Å². The van der Waals surface area contributed by atoms with Crippen LogP contribution in [-0.4, -0.2) is 177 Å². The van der Waals surface area contributed by atoms with E-state index in [4.69, 9.17) is 28.4 Å². The van der Waals surface area contributed by atoms with E-state index < -0.39 is 54.1 Å². The van der Waals surface area contributed by atoms with Gasteiger partial charge in [-0.3, -0.25) is 48.2 Å². The molecule has 5 aliphatic rings. The van der Waals surface area contributed by atoms with Gasteiger partial charge >= 0.3 is 6.09 Å². The zero-order valence-corrected chi connectivity index (χ0v) is 50.1. The number of hydrogen-bond donors (Lipinski definition) is 5. The van der Waals surface area contributed by atoms with Crippen LogP contribution in [-0.2, 0) is 44.8 Å². The second-order valence-electron chi connectivity index (χ2n) is 22.7. The summed E-state index contributed by atoms with van der Waals surface area (Å²) in [6.45, 7) is 17.6. The topological polar surface area (TPSA) is 303 Å². The van der Waals surface area contributed by atoms with Gasteiger partial charge in [0.2, 0.25) is 35.4 Å². The van der Waals surface area contributed by atoms with Crippen molar-refractivity contribution in [3.63, 3.8) is 0 Å². The maximum atomic E-state index is 14.2. The van der Waals surface area contributed by atoms with Crippen LogP contribution in [0.15, 0.2) is 77.8 Å². The highest BCUT2D eigenvalue weighted by Gasteiger charge is 2.47. The molecule has 25 heteroatoms. The van der Waals surface area contributed by atoms with Crippen molar-refractivity contribution in [1.82, 2.24) is 30.7 Å². The SMILES string of the molecule is C=C1C[C@H]2C=Nc3cc(OCCCOc4cc5c(cc4OC)C(=O)N4CC(=C)C[C@H]4[C@H](O)N5C(=O)OCc4ccc(NC(=O)[C@H](C)NC(=O)[C@@H](NC(=O)CCOCCNC(=O)CCN5C(=O)CC(C(C)C)C5=O)C(C)C)cc4)c(OC)cc3C(=O)N2C1. The summed E-state index contributed by atoms with van der Waals surface area (Å²) in [6.07, 6.45) is 0.455. The van der Waals surface area contributed by atoms with Crippen molar-refractivity contribution in [2.45, 2.75) is 110 Å². The van der Waals surface area contributed by atoms with Crippen LogP contribution in [0.4, 0.5) is 21.9 Å². The zero-order valence-electron chi connectivity index (χ0n) is 50.1. The number of methoxy groups -OCH3 is 2. The standard InChI is InChI=1S/C62H77N9O16/c1-34(2)42-27-54(74)68(58(42)77)18-15-52(72)63-17-22-84-21-16-53(73)67-55(35(3)4)57(76)65-38(7)56(75)66-40-13-11-39(12-14-40)33-87-62(81)71-46-29-51(49(83-9)26-44(46)60(79)70-32-37(6)24-47(70)61(71)80)86-20-10-19-85-50-28-45-43(25-48(50)82-8)59(78)69-31-36(5)23-41(69)30-64-45/h11-14,25-26,28-30,34-35,38,41-42,47,55,61,80H,5-6,10,15-24,27,31-33H2,1-4,7-9H3,(H,63,72)(H,65,76)(H,66,75)(H,67,73)/t38-,41-,42?,47-,55-,61-/m0/s1. The summed E-state index contributed by atoms with van der Waals surface area (Å²) in [6, 6.07) is 9.53. The fourth-order valence-electron chi connectivity index (χ4n) is 10.8. The van der Waals surface area contributed by atoms with Crippen LogP contribution in [0, 0.1) is 17.8 Å². The molecule has 87 heavy (non-hydrogen) atoms. The van der Waals surface area contributed by atoms with E-state index in [-0.39, 0.29) is 149 Å². The highest BCUT2D eigenvalue weighted by atomic mass is 16.6. The first-order chi connectivity index (χ1) is 41.6. The molecular formula is C62H77N9O16. The van der Waals surface area contributed by atoms with Gasteiger partial charge < -0.3 is 64.6 Å². The summed E-state index contributed by atoms with van der Waals surface area (Å²) in [4.78, 5) is 128. The number of nitrogens with zero attached hydrogens (tertiary/aromatic N) is 5. The lowest BCUT2D eigenvalue weighted by Crippen LogP contribution is -2.53. The molecule has 0 saturated carbocycles. The Labute approximate surface area is 504 Å². The van der Waals surface area contributed by atoms with Crippen molar-refractivity contribution >= 4 is 76.6 Å². The molecule has 466 valence electrons. The van der Waals surface area contributed by atoms with Crippen LogP contribution in [0.5, 0.6) is 23.0 Å². The molecule has 25 nitrogen and oxygen atoms in total. The number of aliphatic imine (C=N–C) groups is 1. The molecule has 8 rings (SSSR count). The number of nitrogens with one attached hydrogen (secondary N) is 4. The molecule has 0 radical (unpaired) electrons. The molecular weight excluding hydrogens is 1130 g/mol. The second-order valence-corrected chi connectivity index (χ2v) is 22.7. The van der Waals surface area contributed by atoms with Gasteiger partial charge in [-0.05, 0) is 61.4 Å². The third-order valence-electron chi connectivity index (χ3n) is 15.7. The van der Waals surface area contributed by atoms with Crippen molar-refractivity contribution in [3.05, 3.63) is 89.5 Å². The molecule has 6 atom stereocenters. The van der Waals surface area contributed by atoms with E-state index in [1.807, 2.05) is 13.8 Å². The van der Waals surface area contributed by atoms with Crippen molar-refractivity contribution in [2.24, 2.45) is 22.7 Å². The predicted octanol–water partition coefficient (Wildman–Crippen LogP) is 4.81. The number of ether oxygens (including phenoxy) is 6. The first-order valence-electron chi connectivity index (χ1n) is 29.1. The average Bonchev–Trinajstić information content (AvgIpc) is 1.80. The second kappa shape index (κ2) is 28.6. The van der Waals surface area contributed by atoms with Gasteiger partial charge in [0.15, 0.2) is 29.2 Å². The third-order valence-corrected chi connectivity index (χ3v) is 15.7. The van der Waals surface area contributed by atoms with E-state index >= 15 is 0 Å². The van der Waals surface area contributed by atoms with E-state index in [1.165, 1.54) is 38.2 Å². The molecule has 3 fully saturated rings. The lowest BCUT2D eigenvalue weighted by atomic mass is 9.94. The number of amides is 9. The van der Waals surface area contributed by atoms with Crippen LogP contribution in [0.25, 0.3) is 0 Å². The maximum absolute atomic E-state index is 14.2. The summed E-state index contributed by atoms with van der Waals surface area (Å²) in [5.41, 5.74) is 3.44. The van der Waals surface area contributed by atoms with Gasteiger partial charge in [0.1, 0.15) is 18.7 Å². The van der Waals surface area contributed by atoms with Gasteiger partial charge in [-0.15, -0.1) is 0 Å². The monoisotopic (exact) mass is 1200 g/mol. The van der Waals surface area contributed by atoms with Crippen molar-refractivity contribution in [1.29, 1.82) is 0 Å². The van der Waals surface area contributed by atoms with Crippen molar-refractivity contribution < 1.29 is 76.7 Å². The van der Waals surface area contributed by atoms with Gasteiger partial charge in [-0.25, -0.2) is 9.69 Å². The molecule has 0 bridgehead atoms. The molecule has 3 aromatic rings. The van der Waals surface area contributed by atoms with Crippen LogP contribution in [0.2, 0.25) is 0 Å². The number of rotatable bonds is 26. The summed E-state index contributed by atoms with van der Waals surface area (Å²) in [7, 11) is 2.90. The molecule has 9 amide bonds. The minimum absolute atomic E-state index is 0.00103. The number of imide groups is 1. The van der Waals surface area contributed by atoms with Crippen LogP contribution in [0.1, 0.15) is 99.4 Å². The number of benzene rings is 3. The van der Waals surface area contributed by atoms with Crippen LogP contribution < -0.4 is 45.1 Å². The highest BCUT2D eigenvalue weighted by Crippen LogP contribution is 2.43. The molecule has 5 N–H and O–H groups in total. The normalized spacial score (nSPS) is 19.4. The zero-order chi connectivity index (χ0) is 62.8. The van der Waals surface area contributed by atoms with Crippen molar-refractivity contribution in [2.75, 3.05) is 77.0 Å². The number of likely N-dealkylation sites (tertiary alicyclic amines) is 1. The highest BCUT2D eigenvalue weighted by molar-refractivity contribution is 6.07. The van der Waals surface area contributed by atoms with E-state index in [0.717, 1.165) is 15.4 Å². The Morgan fingerprint density at radius 1 is 0.736 bits per heavy atom. The number of carbonyl (C=O) groups excluding carboxylic acids is 9. The Kier molecular flexibility index (Phi) is 21.1. The Morgan fingerprint density at radius 3 is 2.06 bits per heavy atom. The van der Waals surface area contributed by atoms with Gasteiger partial charge in [0, 0.05) is 81.8 Å². The lowest BCUT2D eigenvalue weighted by molar-refractivity contribution is -0.140. The Hall–Kier alpha value is -8.84. The number of aliphatic hydroxyl groups is 1. The summed E-state index contributed by atoms with van der Waals surface area (Å²) >= 11 is 0. The van der Waals surface area contributed by atoms with E-state index in [2.05, 4.69) is 39.4 Å². The van der Waals surface area contributed by atoms with E-state index in [0.29, 0.717) is 59.0 Å². The van der Waals surface area contributed by atoms with Crippen molar-refractivity contribution in [3.8, 4) is 23.0 Å². The molecule has 5 aliphatic heterocycles. The molecule has 0 spiro atoms. The molecule has 3 aromatic carbocycles. The molecule has 5 heterocycles. The lowest BCUT2D eigenvalue weighted by Gasteiger charge is -2.31. The van der Waals surface area contributed by atoms with E-state index in [1.54, 1.807) is 61.4 Å². The van der Waals surface area contributed by atoms with Crippen LogP contribution in [0.3, 0.4) is 0 Å². The number of hydrogen-bond acceptors (Lipinski definition) is 17. The first-order valence-corrected chi connectivity index (χ1v) is 29.1. The fourth-order valence-corrected chi connectivity index (χ4v) is 10.8. The smallest absolute Gasteiger partial charge is 0.416 e. The third kappa shape index (κ3) is 15.2. The summed E-state index contributed by atoms with van der Waals surface area (Å²) < 4.78 is 34.9. The minimum atomic E-state index is -1.56. The minimum Gasteiger partial charge on any atom is -0.493 e. The van der Waals surface area contributed by atoms with Gasteiger partial charge in [-0.2, -0.15) is 0 Å².